The summed E-state index contributed by atoms with van der Waals surface area (Å²) in [7, 11) is 0. The van der Waals surface area contributed by atoms with E-state index in [1.165, 1.54) is 5.57 Å². The monoisotopic (exact) mass is 111 g/mol. The fourth-order valence-electron chi connectivity index (χ4n) is 0.642. The van der Waals surface area contributed by atoms with Gasteiger partial charge in [0.15, 0.2) is 0 Å². The van der Waals surface area contributed by atoms with Crippen LogP contribution in [0.1, 0.15) is 27.2 Å². The first-order chi connectivity index (χ1) is 3.66. The normalized spacial score (nSPS) is 12.9. The Morgan fingerprint density at radius 3 is 2.25 bits per heavy atom. The molecule has 0 nitrogen and oxygen atoms in total. The van der Waals surface area contributed by atoms with E-state index in [-0.39, 0.29) is 0 Å². The number of rotatable bonds is 2. The van der Waals surface area contributed by atoms with Crippen LogP contribution in [-0.4, -0.2) is 0 Å². The van der Waals surface area contributed by atoms with Gasteiger partial charge in [-0.1, -0.05) is 25.5 Å². The van der Waals surface area contributed by atoms with Gasteiger partial charge in [-0.05, 0) is 26.2 Å². The van der Waals surface area contributed by atoms with Crippen LogP contribution >= 0.6 is 0 Å². The lowest BCUT2D eigenvalue weighted by atomic mass is 10.0. The zero-order valence-electron chi connectivity index (χ0n) is 6.07. The predicted octanol–water partition coefficient (Wildman–Crippen LogP) is 2.81. The smallest absolute Gasteiger partial charge is 0.0283 e. The molecule has 8 heavy (non-hydrogen) atoms. The van der Waals surface area contributed by atoms with Crippen molar-refractivity contribution in [2.75, 3.05) is 0 Å². The van der Waals surface area contributed by atoms with E-state index in [1.54, 1.807) is 0 Å². The zero-order valence-corrected chi connectivity index (χ0v) is 6.07. The highest BCUT2D eigenvalue weighted by molar-refractivity contribution is 5.03. The third-order valence-corrected chi connectivity index (χ3v) is 1.08. The largest absolute Gasteiger partial charge is 0.0884 e. The maximum atomic E-state index is 3.86. The summed E-state index contributed by atoms with van der Waals surface area (Å²) in [6.45, 7) is 10.3. The minimum absolute atomic E-state index is 0.749. The molecular formula is C8H15. The Morgan fingerprint density at radius 2 is 2.12 bits per heavy atom. The summed E-state index contributed by atoms with van der Waals surface area (Å²) < 4.78 is 0. The molecule has 0 saturated heterocycles. The first-order valence-electron chi connectivity index (χ1n) is 3.14. The molecule has 0 aliphatic heterocycles. The molecule has 0 fully saturated rings. The van der Waals surface area contributed by atoms with Gasteiger partial charge in [0.25, 0.3) is 0 Å². The summed E-state index contributed by atoms with van der Waals surface area (Å²) >= 11 is 0. The van der Waals surface area contributed by atoms with Crippen molar-refractivity contribution in [2.45, 2.75) is 27.2 Å². The van der Waals surface area contributed by atoms with Crippen molar-refractivity contribution < 1.29 is 0 Å². The van der Waals surface area contributed by atoms with Crippen molar-refractivity contribution in [3.8, 4) is 0 Å². The highest BCUT2D eigenvalue weighted by atomic mass is 14.0. The quantitative estimate of drug-likeness (QED) is 0.514. The summed E-state index contributed by atoms with van der Waals surface area (Å²) in [6.07, 6.45) is 3.20. The minimum atomic E-state index is 0.749. The Balaban J connectivity index is 3.39. The van der Waals surface area contributed by atoms with Crippen LogP contribution < -0.4 is 0 Å². The maximum Gasteiger partial charge on any atom is -0.0283 e. The van der Waals surface area contributed by atoms with Crippen molar-refractivity contribution >= 4 is 0 Å². The first kappa shape index (κ1) is 7.74. The summed E-state index contributed by atoms with van der Waals surface area (Å²) in [5.41, 5.74) is 1.25. The molecule has 0 heterocycles. The Kier molecular flexibility index (Phi) is 3.59. The molecule has 47 valence electrons. The van der Waals surface area contributed by atoms with Crippen LogP contribution in [0.5, 0.6) is 0 Å². The van der Waals surface area contributed by atoms with Gasteiger partial charge in [-0.3, -0.25) is 0 Å². The Morgan fingerprint density at radius 1 is 1.62 bits per heavy atom. The zero-order chi connectivity index (χ0) is 6.57. The third kappa shape index (κ3) is 3.91. The molecule has 0 N–H and O–H groups in total. The SMILES string of the molecule is [CH2]C(=CC)CC(C)C. The molecule has 1 radical (unpaired) electrons. The van der Waals surface area contributed by atoms with Gasteiger partial charge < -0.3 is 0 Å². The lowest BCUT2D eigenvalue weighted by Gasteiger charge is -2.01. The highest BCUT2D eigenvalue weighted by Gasteiger charge is 1.92. The van der Waals surface area contributed by atoms with Crippen LogP contribution in [0.3, 0.4) is 0 Å². The molecule has 0 saturated carbocycles. The fraction of sp³-hybridized carbons (Fsp3) is 0.625. The van der Waals surface area contributed by atoms with Crippen LogP contribution in [0.4, 0.5) is 0 Å². The molecule has 0 amide bonds. The van der Waals surface area contributed by atoms with Crippen molar-refractivity contribution in [3.63, 3.8) is 0 Å². The molecule has 0 aliphatic carbocycles. The van der Waals surface area contributed by atoms with Crippen LogP contribution in [-0.2, 0) is 0 Å². The standard InChI is InChI=1S/C8H15/c1-5-8(4)6-7(2)3/h5,7H,4,6H2,1-3H3. The van der Waals surface area contributed by atoms with Gasteiger partial charge in [0.1, 0.15) is 0 Å². The van der Waals surface area contributed by atoms with Gasteiger partial charge in [0.2, 0.25) is 0 Å². The number of allylic oxidation sites excluding steroid dienone is 2. The minimum Gasteiger partial charge on any atom is -0.0884 e. The van der Waals surface area contributed by atoms with E-state index >= 15 is 0 Å². The number of hydrogen-bond acceptors (Lipinski definition) is 0. The van der Waals surface area contributed by atoms with Crippen LogP contribution in [0.2, 0.25) is 0 Å². The highest BCUT2D eigenvalue weighted by Crippen LogP contribution is 2.07. The summed E-state index contributed by atoms with van der Waals surface area (Å²) in [5.74, 6) is 0.749. The van der Waals surface area contributed by atoms with Crippen molar-refractivity contribution in [1.29, 1.82) is 0 Å². The molecular weight excluding hydrogens is 96.1 g/mol. The lowest BCUT2D eigenvalue weighted by molar-refractivity contribution is 0.649. The van der Waals surface area contributed by atoms with E-state index in [9.17, 15) is 0 Å². The van der Waals surface area contributed by atoms with Gasteiger partial charge in [-0.25, -0.2) is 0 Å². The number of hydrogen-bond donors (Lipinski definition) is 0. The molecule has 0 rings (SSSR count). The Hall–Kier alpha value is -0.260. The molecule has 0 heteroatoms. The second kappa shape index (κ2) is 3.71. The van der Waals surface area contributed by atoms with E-state index < -0.39 is 0 Å². The van der Waals surface area contributed by atoms with E-state index in [0.29, 0.717) is 0 Å². The van der Waals surface area contributed by atoms with Crippen molar-refractivity contribution in [3.05, 3.63) is 18.6 Å². The molecule has 0 aromatic heterocycles. The summed E-state index contributed by atoms with van der Waals surface area (Å²) in [5, 5.41) is 0. The summed E-state index contributed by atoms with van der Waals surface area (Å²) in [4.78, 5) is 0. The van der Waals surface area contributed by atoms with Gasteiger partial charge in [0.05, 0.1) is 0 Å². The van der Waals surface area contributed by atoms with E-state index in [1.807, 2.05) is 6.92 Å². The topological polar surface area (TPSA) is 0 Å². The average Bonchev–Trinajstić information content (AvgIpc) is 1.65. The average molecular weight is 111 g/mol. The fourth-order valence-corrected chi connectivity index (χ4v) is 0.642. The van der Waals surface area contributed by atoms with Gasteiger partial charge >= 0.3 is 0 Å². The lowest BCUT2D eigenvalue weighted by Crippen LogP contribution is -1.86. The van der Waals surface area contributed by atoms with Crippen LogP contribution in [0.25, 0.3) is 0 Å². The molecule has 0 spiro atoms. The van der Waals surface area contributed by atoms with Crippen LogP contribution in [0.15, 0.2) is 11.6 Å². The van der Waals surface area contributed by atoms with Crippen molar-refractivity contribution in [1.82, 2.24) is 0 Å². The molecule has 0 unspecified atom stereocenters. The predicted molar refractivity (Wildman–Crippen MR) is 38.6 cm³/mol. The Bertz CT molecular complexity index is 78.0. The molecule has 0 aliphatic rings. The molecule has 0 bridgehead atoms. The van der Waals surface area contributed by atoms with Gasteiger partial charge in [-0.2, -0.15) is 0 Å². The second-order valence-corrected chi connectivity index (χ2v) is 2.54. The van der Waals surface area contributed by atoms with Gasteiger partial charge in [0, 0.05) is 0 Å². The molecule has 0 aromatic carbocycles. The third-order valence-electron chi connectivity index (χ3n) is 1.08. The van der Waals surface area contributed by atoms with Crippen LogP contribution in [0, 0.1) is 12.8 Å². The Labute approximate surface area is 52.6 Å². The van der Waals surface area contributed by atoms with E-state index in [4.69, 9.17) is 0 Å². The van der Waals surface area contributed by atoms with E-state index in [0.717, 1.165) is 12.3 Å². The maximum absolute atomic E-state index is 3.86. The first-order valence-corrected chi connectivity index (χ1v) is 3.14. The van der Waals surface area contributed by atoms with Crippen molar-refractivity contribution in [2.24, 2.45) is 5.92 Å². The molecule has 0 atom stereocenters. The van der Waals surface area contributed by atoms with Gasteiger partial charge in [-0.15, -0.1) is 0 Å². The van der Waals surface area contributed by atoms with E-state index in [2.05, 4.69) is 26.8 Å². The summed E-state index contributed by atoms with van der Waals surface area (Å²) in [6, 6.07) is 0. The molecule has 0 aromatic rings. The second-order valence-electron chi connectivity index (χ2n) is 2.54.